The topological polar surface area (TPSA) is 48.3 Å². The Morgan fingerprint density at radius 1 is 1.30 bits per heavy atom. The smallest absolute Gasteiger partial charge is 0.161 e. The molecular formula is C15H21N3O2. The highest BCUT2D eigenvalue weighted by atomic mass is 16.5. The number of nitrogens with zero attached hydrogens (tertiary/aromatic N) is 2. The maximum atomic E-state index is 5.82. The van der Waals surface area contributed by atoms with Gasteiger partial charge in [0.2, 0.25) is 0 Å². The zero-order valence-corrected chi connectivity index (χ0v) is 12.2. The van der Waals surface area contributed by atoms with E-state index in [2.05, 4.69) is 17.3 Å². The standard InChI is InChI=1S/C15H21N3O2/c1-4-18-15(14(19-3)10-17-18)13(16-2)11-20-12-8-6-5-7-9-12/h5-10,13,16H,4,11H2,1-3H3. The van der Waals surface area contributed by atoms with E-state index >= 15 is 0 Å². The average Bonchev–Trinajstić information content (AvgIpc) is 2.92. The molecule has 1 atom stereocenters. The van der Waals surface area contributed by atoms with Crippen molar-refractivity contribution in [3.05, 3.63) is 42.2 Å². The molecule has 0 aliphatic carbocycles. The van der Waals surface area contributed by atoms with Crippen LogP contribution in [0.2, 0.25) is 0 Å². The Morgan fingerprint density at radius 3 is 2.65 bits per heavy atom. The summed E-state index contributed by atoms with van der Waals surface area (Å²) < 4.78 is 13.1. The molecule has 2 aromatic rings. The number of rotatable bonds is 7. The first-order valence-corrected chi connectivity index (χ1v) is 6.75. The molecule has 1 aromatic heterocycles. The molecule has 2 rings (SSSR count). The molecule has 0 radical (unpaired) electrons. The molecule has 0 saturated carbocycles. The Morgan fingerprint density at radius 2 is 2.05 bits per heavy atom. The Bertz CT molecular complexity index is 504. The lowest BCUT2D eigenvalue weighted by molar-refractivity contribution is 0.261. The lowest BCUT2D eigenvalue weighted by Crippen LogP contribution is -2.26. The molecule has 0 amide bonds. The number of para-hydroxylation sites is 1. The van der Waals surface area contributed by atoms with Crippen LogP contribution >= 0.6 is 0 Å². The van der Waals surface area contributed by atoms with Gasteiger partial charge in [-0.2, -0.15) is 5.10 Å². The summed E-state index contributed by atoms with van der Waals surface area (Å²) in [5.41, 5.74) is 1.01. The zero-order valence-electron chi connectivity index (χ0n) is 12.2. The maximum Gasteiger partial charge on any atom is 0.161 e. The second-order valence-corrected chi connectivity index (χ2v) is 4.38. The van der Waals surface area contributed by atoms with Crippen LogP contribution in [0.5, 0.6) is 11.5 Å². The van der Waals surface area contributed by atoms with Gasteiger partial charge in [0.15, 0.2) is 5.75 Å². The summed E-state index contributed by atoms with van der Waals surface area (Å²) in [7, 11) is 3.57. The van der Waals surface area contributed by atoms with Crippen molar-refractivity contribution < 1.29 is 9.47 Å². The van der Waals surface area contributed by atoms with Crippen molar-refractivity contribution in [2.75, 3.05) is 20.8 Å². The van der Waals surface area contributed by atoms with Crippen molar-refractivity contribution in [1.82, 2.24) is 15.1 Å². The van der Waals surface area contributed by atoms with Crippen LogP contribution in [0.25, 0.3) is 0 Å². The third kappa shape index (κ3) is 3.11. The number of nitrogens with one attached hydrogen (secondary N) is 1. The largest absolute Gasteiger partial charge is 0.493 e. The van der Waals surface area contributed by atoms with E-state index in [0.717, 1.165) is 23.7 Å². The fraction of sp³-hybridized carbons (Fsp3) is 0.400. The van der Waals surface area contributed by atoms with Crippen molar-refractivity contribution in [3.8, 4) is 11.5 Å². The van der Waals surface area contributed by atoms with Gasteiger partial charge in [0, 0.05) is 6.54 Å². The van der Waals surface area contributed by atoms with E-state index in [1.165, 1.54) is 0 Å². The Balaban J connectivity index is 2.13. The van der Waals surface area contributed by atoms with Crippen molar-refractivity contribution in [2.45, 2.75) is 19.5 Å². The first-order chi connectivity index (χ1) is 9.80. The van der Waals surface area contributed by atoms with Crippen LogP contribution < -0.4 is 14.8 Å². The molecule has 0 spiro atoms. The molecule has 1 aromatic carbocycles. The summed E-state index contributed by atoms with van der Waals surface area (Å²) in [6, 6.07) is 9.80. The van der Waals surface area contributed by atoms with E-state index in [9.17, 15) is 0 Å². The van der Waals surface area contributed by atoms with E-state index in [1.807, 2.05) is 42.1 Å². The zero-order chi connectivity index (χ0) is 14.4. The second-order valence-electron chi connectivity index (χ2n) is 4.38. The molecule has 5 nitrogen and oxygen atoms in total. The number of hydrogen-bond donors (Lipinski definition) is 1. The van der Waals surface area contributed by atoms with Crippen LogP contribution in [0.4, 0.5) is 0 Å². The van der Waals surface area contributed by atoms with Gasteiger partial charge in [-0.15, -0.1) is 0 Å². The first-order valence-electron chi connectivity index (χ1n) is 6.75. The van der Waals surface area contributed by atoms with Gasteiger partial charge in [0.05, 0.1) is 19.3 Å². The second kappa shape index (κ2) is 6.96. The lowest BCUT2D eigenvalue weighted by Gasteiger charge is -2.19. The van der Waals surface area contributed by atoms with Crippen LogP contribution in [0.15, 0.2) is 36.5 Å². The number of benzene rings is 1. The molecule has 0 saturated heterocycles. The van der Waals surface area contributed by atoms with Gasteiger partial charge < -0.3 is 14.8 Å². The fourth-order valence-corrected chi connectivity index (χ4v) is 2.13. The number of aryl methyl sites for hydroxylation is 1. The summed E-state index contributed by atoms with van der Waals surface area (Å²) in [5, 5.41) is 7.58. The van der Waals surface area contributed by atoms with Crippen LogP contribution in [0.3, 0.4) is 0 Å². The highest BCUT2D eigenvalue weighted by Gasteiger charge is 2.20. The summed E-state index contributed by atoms with van der Waals surface area (Å²) in [6.45, 7) is 3.37. The van der Waals surface area contributed by atoms with Crippen molar-refractivity contribution in [3.63, 3.8) is 0 Å². The number of ether oxygens (including phenoxy) is 2. The number of aromatic nitrogens is 2. The number of likely N-dealkylation sites (N-methyl/N-ethyl adjacent to an activating group) is 1. The molecule has 20 heavy (non-hydrogen) atoms. The van der Waals surface area contributed by atoms with Crippen molar-refractivity contribution in [2.24, 2.45) is 0 Å². The van der Waals surface area contributed by atoms with Gasteiger partial charge >= 0.3 is 0 Å². The molecule has 0 aliphatic heterocycles. The molecule has 1 N–H and O–H groups in total. The lowest BCUT2D eigenvalue weighted by atomic mass is 10.2. The van der Waals surface area contributed by atoms with Crippen LogP contribution in [-0.2, 0) is 6.54 Å². The minimum Gasteiger partial charge on any atom is -0.493 e. The molecule has 108 valence electrons. The predicted octanol–water partition coefficient (Wildman–Crippen LogP) is 2.25. The van der Waals surface area contributed by atoms with Gasteiger partial charge in [-0.1, -0.05) is 18.2 Å². The van der Waals surface area contributed by atoms with Crippen LogP contribution in [0.1, 0.15) is 18.7 Å². The van der Waals surface area contributed by atoms with E-state index in [4.69, 9.17) is 9.47 Å². The Labute approximate surface area is 119 Å². The molecule has 1 heterocycles. The highest BCUT2D eigenvalue weighted by molar-refractivity contribution is 5.29. The van der Waals surface area contributed by atoms with Gasteiger partial charge in [-0.25, -0.2) is 0 Å². The Hall–Kier alpha value is -2.01. The summed E-state index contributed by atoms with van der Waals surface area (Å²) >= 11 is 0. The number of hydrogen-bond acceptors (Lipinski definition) is 4. The minimum atomic E-state index is 0.0209. The molecular weight excluding hydrogens is 254 g/mol. The van der Waals surface area contributed by atoms with Crippen LogP contribution in [-0.4, -0.2) is 30.5 Å². The van der Waals surface area contributed by atoms with Crippen LogP contribution in [0, 0.1) is 0 Å². The molecule has 0 fully saturated rings. The van der Waals surface area contributed by atoms with Gasteiger partial charge in [-0.05, 0) is 26.1 Å². The minimum absolute atomic E-state index is 0.0209. The monoisotopic (exact) mass is 275 g/mol. The molecule has 5 heteroatoms. The SMILES string of the molecule is CCn1ncc(OC)c1C(COc1ccccc1)NC. The molecule has 1 unspecified atom stereocenters. The fourth-order valence-electron chi connectivity index (χ4n) is 2.13. The molecule has 0 aliphatic rings. The summed E-state index contributed by atoms with van der Waals surface area (Å²) in [6.07, 6.45) is 1.74. The van der Waals surface area contributed by atoms with Gasteiger partial charge in [0.25, 0.3) is 0 Å². The van der Waals surface area contributed by atoms with Crippen molar-refractivity contribution >= 4 is 0 Å². The molecule has 0 bridgehead atoms. The summed E-state index contributed by atoms with van der Waals surface area (Å²) in [4.78, 5) is 0. The van der Waals surface area contributed by atoms with E-state index in [1.54, 1.807) is 13.3 Å². The van der Waals surface area contributed by atoms with E-state index < -0.39 is 0 Å². The third-order valence-corrected chi connectivity index (χ3v) is 3.20. The third-order valence-electron chi connectivity index (χ3n) is 3.20. The normalized spacial score (nSPS) is 12.2. The maximum absolute atomic E-state index is 5.82. The van der Waals surface area contributed by atoms with Gasteiger partial charge in [-0.3, -0.25) is 4.68 Å². The summed E-state index contributed by atoms with van der Waals surface area (Å²) in [5.74, 6) is 1.64. The number of methoxy groups -OCH3 is 1. The first kappa shape index (κ1) is 14.4. The predicted molar refractivity (Wildman–Crippen MR) is 78.2 cm³/mol. The van der Waals surface area contributed by atoms with E-state index in [0.29, 0.717) is 6.61 Å². The van der Waals surface area contributed by atoms with Gasteiger partial charge in [0.1, 0.15) is 18.1 Å². The quantitative estimate of drug-likeness (QED) is 0.842. The highest BCUT2D eigenvalue weighted by Crippen LogP contribution is 2.25. The Kier molecular flexibility index (Phi) is 5.01. The van der Waals surface area contributed by atoms with E-state index in [-0.39, 0.29) is 6.04 Å². The van der Waals surface area contributed by atoms with Crippen molar-refractivity contribution in [1.29, 1.82) is 0 Å². The average molecular weight is 275 g/mol.